The number of unbranched alkanes of at least 4 members (excludes halogenated alkanes) is 1. The van der Waals surface area contributed by atoms with Crippen LogP contribution in [0.5, 0.6) is 0 Å². The van der Waals surface area contributed by atoms with Gasteiger partial charge in [-0.3, -0.25) is 9.78 Å². The Labute approximate surface area is 142 Å². The molecule has 0 spiro atoms. The first-order valence-corrected chi connectivity index (χ1v) is 9.28. The normalized spacial score (nSPS) is 11.2. The molecular weight excluding hydrogens is 326 g/mol. The van der Waals surface area contributed by atoms with E-state index < -0.39 is 10.0 Å². The largest absolute Gasteiger partial charge is 0.352 e. The lowest BCUT2D eigenvalue weighted by Crippen LogP contribution is -2.26. The molecule has 2 rings (SSSR count). The van der Waals surface area contributed by atoms with E-state index in [1.165, 1.54) is 12.1 Å². The molecule has 1 heterocycles. The molecule has 1 amide bonds. The van der Waals surface area contributed by atoms with Crippen LogP contribution in [0.2, 0.25) is 0 Å². The Balaban J connectivity index is 2.07. The monoisotopic (exact) mass is 347 g/mol. The number of benzene rings is 1. The number of amides is 1. The molecule has 0 aliphatic carbocycles. The van der Waals surface area contributed by atoms with Gasteiger partial charge in [-0.05, 0) is 42.3 Å². The van der Waals surface area contributed by atoms with Crippen LogP contribution < -0.4 is 10.0 Å². The standard InChI is InChI=1S/C17H21N3O3S/c1-2-3-9-19-17(21)15-5-4-6-16(12-15)24(22,23)20-13-14-7-10-18-11-8-14/h4-8,10-12,20H,2-3,9,13H2,1H3,(H,19,21). The molecule has 128 valence electrons. The minimum atomic E-state index is -3.69. The van der Waals surface area contributed by atoms with Crippen LogP contribution in [-0.2, 0) is 16.6 Å². The summed E-state index contributed by atoms with van der Waals surface area (Å²) in [6.45, 7) is 2.78. The van der Waals surface area contributed by atoms with Crippen LogP contribution in [0.25, 0.3) is 0 Å². The number of hydrogen-bond acceptors (Lipinski definition) is 4. The van der Waals surface area contributed by atoms with Crippen LogP contribution in [0.1, 0.15) is 35.7 Å². The Morgan fingerprint density at radius 3 is 2.62 bits per heavy atom. The maximum absolute atomic E-state index is 12.4. The average Bonchev–Trinajstić information content (AvgIpc) is 2.61. The third kappa shape index (κ3) is 5.14. The fraction of sp³-hybridized carbons (Fsp3) is 0.294. The van der Waals surface area contributed by atoms with E-state index in [9.17, 15) is 13.2 Å². The third-order valence-corrected chi connectivity index (χ3v) is 4.84. The van der Waals surface area contributed by atoms with E-state index in [2.05, 4.69) is 15.0 Å². The average molecular weight is 347 g/mol. The number of carbonyl (C=O) groups excluding carboxylic acids is 1. The molecule has 0 fully saturated rings. The highest BCUT2D eigenvalue weighted by Crippen LogP contribution is 2.12. The number of nitrogens with zero attached hydrogens (tertiary/aromatic N) is 1. The molecule has 7 heteroatoms. The predicted molar refractivity (Wildman–Crippen MR) is 91.9 cm³/mol. The van der Waals surface area contributed by atoms with Crippen LogP contribution in [0.3, 0.4) is 0 Å². The van der Waals surface area contributed by atoms with Crippen LogP contribution in [0.4, 0.5) is 0 Å². The van der Waals surface area contributed by atoms with Gasteiger partial charge in [0, 0.05) is 31.0 Å². The van der Waals surface area contributed by atoms with E-state index in [0.29, 0.717) is 12.1 Å². The van der Waals surface area contributed by atoms with Gasteiger partial charge in [0.15, 0.2) is 0 Å². The van der Waals surface area contributed by atoms with Gasteiger partial charge >= 0.3 is 0 Å². The van der Waals surface area contributed by atoms with Gasteiger partial charge in [-0.25, -0.2) is 13.1 Å². The zero-order valence-corrected chi connectivity index (χ0v) is 14.3. The summed E-state index contributed by atoms with van der Waals surface area (Å²) in [5, 5.41) is 2.78. The van der Waals surface area contributed by atoms with Gasteiger partial charge in [-0.15, -0.1) is 0 Å². The lowest BCUT2D eigenvalue weighted by atomic mass is 10.2. The Morgan fingerprint density at radius 1 is 1.17 bits per heavy atom. The molecule has 1 aromatic carbocycles. The number of sulfonamides is 1. The molecule has 6 nitrogen and oxygen atoms in total. The van der Waals surface area contributed by atoms with Gasteiger partial charge in [0.1, 0.15) is 0 Å². The molecule has 1 aromatic heterocycles. The van der Waals surface area contributed by atoms with Crippen molar-refractivity contribution in [2.24, 2.45) is 0 Å². The molecule has 0 bridgehead atoms. The first-order chi connectivity index (χ1) is 11.5. The van der Waals surface area contributed by atoms with Crippen LogP contribution in [-0.4, -0.2) is 25.9 Å². The molecule has 2 N–H and O–H groups in total. The smallest absolute Gasteiger partial charge is 0.251 e. The van der Waals surface area contributed by atoms with E-state index in [0.717, 1.165) is 18.4 Å². The van der Waals surface area contributed by atoms with Crippen molar-refractivity contribution in [3.8, 4) is 0 Å². The summed E-state index contributed by atoms with van der Waals surface area (Å²) in [7, 11) is -3.69. The van der Waals surface area contributed by atoms with Crippen molar-refractivity contribution in [3.05, 3.63) is 59.9 Å². The molecule has 0 atom stereocenters. The summed E-state index contributed by atoms with van der Waals surface area (Å²) in [6.07, 6.45) is 5.07. The summed E-state index contributed by atoms with van der Waals surface area (Å²) in [5.74, 6) is -0.269. The van der Waals surface area contributed by atoms with Crippen LogP contribution in [0.15, 0.2) is 53.7 Å². The highest BCUT2D eigenvalue weighted by molar-refractivity contribution is 7.89. The van der Waals surface area contributed by atoms with Crippen molar-refractivity contribution in [2.75, 3.05) is 6.54 Å². The lowest BCUT2D eigenvalue weighted by Gasteiger charge is -2.09. The Hall–Kier alpha value is -2.25. The first-order valence-electron chi connectivity index (χ1n) is 7.80. The van der Waals surface area contributed by atoms with Gasteiger partial charge in [-0.2, -0.15) is 0 Å². The lowest BCUT2D eigenvalue weighted by molar-refractivity contribution is 0.0953. The molecule has 2 aromatic rings. The van der Waals surface area contributed by atoms with E-state index in [4.69, 9.17) is 0 Å². The van der Waals surface area contributed by atoms with Gasteiger partial charge in [0.05, 0.1) is 4.90 Å². The summed E-state index contributed by atoms with van der Waals surface area (Å²) in [5.41, 5.74) is 1.14. The summed E-state index contributed by atoms with van der Waals surface area (Å²) in [4.78, 5) is 16.0. The van der Waals surface area contributed by atoms with Gasteiger partial charge in [0.2, 0.25) is 10.0 Å². The zero-order chi connectivity index (χ0) is 17.4. The second kappa shape index (κ2) is 8.56. The fourth-order valence-corrected chi connectivity index (χ4v) is 3.11. The minimum Gasteiger partial charge on any atom is -0.352 e. The summed E-state index contributed by atoms with van der Waals surface area (Å²) in [6, 6.07) is 9.49. The maximum atomic E-state index is 12.4. The molecule has 0 saturated heterocycles. The highest BCUT2D eigenvalue weighted by Gasteiger charge is 2.16. The molecule has 24 heavy (non-hydrogen) atoms. The van der Waals surface area contributed by atoms with E-state index in [-0.39, 0.29) is 17.3 Å². The number of carbonyl (C=O) groups is 1. The Bertz CT molecular complexity index is 777. The molecule has 0 saturated carbocycles. The van der Waals surface area contributed by atoms with E-state index in [1.54, 1.807) is 36.7 Å². The molecule has 0 radical (unpaired) electrons. The SMILES string of the molecule is CCCCNC(=O)c1cccc(S(=O)(=O)NCc2ccncc2)c1. The second-order valence-corrected chi connectivity index (χ2v) is 7.08. The number of aromatic nitrogens is 1. The quantitative estimate of drug-likeness (QED) is 0.716. The van der Waals surface area contributed by atoms with Gasteiger partial charge in [0.25, 0.3) is 5.91 Å². The maximum Gasteiger partial charge on any atom is 0.251 e. The topological polar surface area (TPSA) is 88.2 Å². The van der Waals surface area contributed by atoms with Crippen molar-refractivity contribution >= 4 is 15.9 Å². The van der Waals surface area contributed by atoms with E-state index >= 15 is 0 Å². The van der Waals surface area contributed by atoms with Gasteiger partial charge in [-0.1, -0.05) is 19.4 Å². The number of hydrogen-bond donors (Lipinski definition) is 2. The highest BCUT2D eigenvalue weighted by atomic mass is 32.2. The molecule has 0 aliphatic rings. The fourth-order valence-electron chi connectivity index (χ4n) is 2.05. The Kier molecular flexibility index (Phi) is 6.45. The van der Waals surface area contributed by atoms with Crippen molar-refractivity contribution in [2.45, 2.75) is 31.2 Å². The number of pyridine rings is 1. The zero-order valence-electron chi connectivity index (χ0n) is 13.5. The summed E-state index contributed by atoms with van der Waals surface area (Å²) < 4.78 is 27.3. The third-order valence-electron chi connectivity index (χ3n) is 3.44. The number of rotatable bonds is 8. The molecule has 0 unspecified atom stereocenters. The number of nitrogens with one attached hydrogen (secondary N) is 2. The van der Waals surface area contributed by atoms with Crippen LogP contribution in [0, 0.1) is 0 Å². The first kappa shape index (κ1) is 18.1. The van der Waals surface area contributed by atoms with E-state index in [1.807, 2.05) is 6.92 Å². The van der Waals surface area contributed by atoms with Crippen molar-refractivity contribution in [1.82, 2.24) is 15.0 Å². The van der Waals surface area contributed by atoms with Gasteiger partial charge < -0.3 is 5.32 Å². The second-order valence-electron chi connectivity index (χ2n) is 5.32. The molecular formula is C17H21N3O3S. The van der Waals surface area contributed by atoms with Crippen molar-refractivity contribution in [1.29, 1.82) is 0 Å². The Morgan fingerprint density at radius 2 is 1.92 bits per heavy atom. The van der Waals surface area contributed by atoms with Crippen molar-refractivity contribution < 1.29 is 13.2 Å². The van der Waals surface area contributed by atoms with Crippen molar-refractivity contribution in [3.63, 3.8) is 0 Å². The predicted octanol–water partition coefficient (Wildman–Crippen LogP) is 2.09. The minimum absolute atomic E-state index is 0.0692. The van der Waals surface area contributed by atoms with Crippen LogP contribution >= 0.6 is 0 Å². The summed E-state index contributed by atoms with van der Waals surface area (Å²) >= 11 is 0. The molecule has 0 aliphatic heterocycles.